The minimum atomic E-state index is -0.874. The topological polar surface area (TPSA) is 118 Å². The van der Waals surface area contributed by atoms with Gasteiger partial charge in [0.15, 0.2) is 11.5 Å². The van der Waals surface area contributed by atoms with E-state index in [0.29, 0.717) is 16.5 Å². The molecule has 3 N–H and O–H groups in total. The average Bonchev–Trinajstić information content (AvgIpc) is 2.73. The maximum Gasteiger partial charge on any atom is 0.306 e. The molecule has 0 spiro atoms. The van der Waals surface area contributed by atoms with Crippen LogP contribution in [0.4, 0.5) is 0 Å². The number of fused-ring (bicyclic) bond motifs is 1. The summed E-state index contributed by atoms with van der Waals surface area (Å²) < 4.78 is 15.5. The number of H-pyrrole nitrogens is 1. The van der Waals surface area contributed by atoms with Gasteiger partial charge in [0.2, 0.25) is 5.75 Å². The second kappa shape index (κ2) is 8.77. The molecule has 1 atom stereocenters. The van der Waals surface area contributed by atoms with Crippen molar-refractivity contribution < 1.29 is 29.2 Å². The smallest absolute Gasteiger partial charge is 0.306 e. The van der Waals surface area contributed by atoms with Crippen molar-refractivity contribution in [1.82, 2.24) is 4.98 Å². The third kappa shape index (κ3) is 3.89. The number of para-hydroxylation sites is 1. The van der Waals surface area contributed by atoms with E-state index in [9.17, 15) is 19.8 Å². The zero-order valence-corrected chi connectivity index (χ0v) is 16.9. The van der Waals surface area contributed by atoms with Crippen molar-refractivity contribution in [1.29, 1.82) is 0 Å². The van der Waals surface area contributed by atoms with E-state index in [0.717, 1.165) is 0 Å². The number of methoxy groups -OCH3 is 2. The predicted molar refractivity (Wildman–Crippen MR) is 111 cm³/mol. The first-order valence-corrected chi connectivity index (χ1v) is 9.35. The highest BCUT2D eigenvalue weighted by molar-refractivity contribution is 5.86. The molecule has 8 heteroatoms. The van der Waals surface area contributed by atoms with Crippen LogP contribution in [0, 0.1) is 0 Å². The van der Waals surface area contributed by atoms with E-state index in [1.165, 1.54) is 26.4 Å². The van der Waals surface area contributed by atoms with Gasteiger partial charge in [-0.2, -0.15) is 0 Å². The Hall–Kier alpha value is -3.68. The molecule has 0 aliphatic carbocycles. The fraction of sp³-hybridized carbons (Fsp3) is 0.273. The summed E-state index contributed by atoms with van der Waals surface area (Å²) in [5, 5.41) is 21.6. The van der Waals surface area contributed by atoms with Gasteiger partial charge in [-0.3, -0.25) is 9.59 Å². The van der Waals surface area contributed by atoms with Crippen LogP contribution < -0.4 is 15.0 Å². The number of phenolic OH excluding ortho intramolecular Hbond substituents is 1. The molecule has 8 nitrogen and oxygen atoms in total. The second-order valence-electron chi connectivity index (χ2n) is 6.60. The maximum atomic E-state index is 12.9. The fourth-order valence-corrected chi connectivity index (χ4v) is 3.45. The maximum absolute atomic E-state index is 12.9. The van der Waals surface area contributed by atoms with Crippen molar-refractivity contribution in [2.45, 2.75) is 19.3 Å². The van der Waals surface area contributed by atoms with Gasteiger partial charge in [-0.25, -0.2) is 0 Å². The molecule has 2 aromatic carbocycles. The molecule has 0 aliphatic heterocycles. The summed E-state index contributed by atoms with van der Waals surface area (Å²) in [6, 6.07) is 9.81. The summed E-state index contributed by atoms with van der Waals surface area (Å²) in [7, 11) is 2.75. The van der Waals surface area contributed by atoms with Crippen LogP contribution in [0.2, 0.25) is 0 Å². The second-order valence-corrected chi connectivity index (χ2v) is 6.60. The zero-order valence-electron chi connectivity index (χ0n) is 16.9. The molecule has 3 aromatic rings. The Morgan fingerprint density at radius 1 is 1.07 bits per heavy atom. The van der Waals surface area contributed by atoms with Crippen LogP contribution in [0.3, 0.4) is 0 Å². The van der Waals surface area contributed by atoms with Crippen molar-refractivity contribution in [3.05, 3.63) is 57.9 Å². The Labute approximate surface area is 172 Å². The number of carbonyl (C=O) groups excluding carboxylic acids is 1. The van der Waals surface area contributed by atoms with Crippen molar-refractivity contribution in [2.75, 3.05) is 20.8 Å². The summed E-state index contributed by atoms with van der Waals surface area (Å²) in [5.74, 6) is -1.64. The lowest BCUT2D eigenvalue weighted by Crippen LogP contribution is -2.21. The number of aromatic hydroxyl groups is 2. The normalized spacial score (nSPS) is 11.8. The van der Waals surface area contributed by atoms with Crippen LogP contribution in [0.15, 0.2) is 41.2 Å². The number of rotatable bonds is 7. The lowest BCUT2D eigenvalue weighted by molar-refractivity contribution is -0.143. The zero-order chi connectivity index (χ0) is 21.8. The van der Waals surface area contributed by atoms with Gasteiger partial charge < -0.3 is 29.4 Å². The van der Waals surface area contributed by atoms with E-state index in [4.69, 9.17) is 14.2 Å². The molecule has 0 fully saturated rings. The Morgan fingerprint density at radius 3 is 2.30 bits per heavy atom. The Morgan fingerprint density at radius 2 is 1.70 bits per heavy atom. The number of ether oxygens (including phenoxy) is 3. The fourth-order valence-electron chi connectivity index (χ4n) is 3.45. The molecule has 0 saturated carbocycles. The standard InChI is InChI=1S/C22H23NO7/c1-4-30-18(24)11-14(12-9-16(28-2)21(26)17(10-12)29-3)19-20(25)13-7-5-6-8-15(13)23-22(19)27/h5-10,14,26H,4,11H2,1-3H3,(H2,23,25,27). The lowest BCUT2D eigenvalue weighted by Gasteiger charge is -2.20. The average molecular weight is 413 g/mol. The third-order valence-corrected chi connectivity index (χ3v) is 4.86. The summed E-state index contributed by atoms with van der Waals surface area (Å²) in [6.07, 6.45) is -0.208. The minimum absolute atomic E-state index is 0.0107. The van der Waals surface area contributed by atoms with Crippen molar-refractivity contribution in [2.24, 2.45) is 0 Å². The summed E-state index contributed by atoms with van der Waals surface area (Å²) in [6.45, 7) is 1.85. The highest BCUT2D eigenvalue weighted by Gasteiger charge is 2.28. The van der Waals surface area contributed by atoms with E-state index in [2.05, 4.69) is 4.98 Å². The first kappa shape index (κ1) is 21.0. The van der Waals surface area contributed by atoms with Crippen LogP contribution in [-0.4, -0.2) is 42.0 Å². The van der Waals surface area contributed by atoms with Gasteiger partial charge in [-0.1, -0.05) is 12.1 Å². The van der Waals surface area contributed by atoms with E-state index >= 15 is 0 Å². The quantitative estimate of drug-likeness (QED) is 0.510. The van der Waals surface area contributed by atoms with Crippen LogP contribution in [0.5, 0.6) is 23.0 Å². The Balaban J connectivity index is 2.27. The van der Waals surface area contributed by atoms with E-state index in [-0.39, 0.29) is 41.6 Å². The number of aromatic nitrogens is 1. The van der Waals surface area contributed by atoms with Crippen LogP contribution in [0.25, 0.3) is 10.9 Å². The molecular formula is C22H23NO7. The van der Waals surface area contributed by atoms with Gasteiger partial charge in [0, 0.05) is 11.3 Å². The highest BCUT2D eigenvalue weighted by atomic mass is 16.5. The molecule has 0 amide bonds. The number of nitrogens with one attached hydrogen (secondary N) is 1. The molecule has 0 aliphatic rings. The van der Waals surface area contributed by atoms with Gasteiger partial charge >= 0.3 is 5.97 Å². The van der Waals surface area contributed by atoms with Crippen LogP contribution in [0.1, 0.15) is 30.4 Å². The molecule has 1 unspecified atom stereocenters. The molecular weight excluding hydrogens is 390 g/mol. The molecule has 158 valence electrons. The third-order valence-electron chi connectivity index (χ3n) is 4.86. The largest absolute Gasteiger partial charge is 0.507 e. The number of pyridine rings is 1. The SMILES string of the molecule is CCOC(=O)CC(c1cc(OC)c(O)c(OC)c1)c1c(O)c2ccccc2[nH]c1=O. The number of aromatic amines is 1. The van der Waals surface area contributed by atoms with Crippen molar-refractivity contribution in [3.8, 4) is 23.0 Å². The Bertz CT molecular complexity index is 1110. The number of hydrogen-bond donors (Lipinski definition) is 3. The monoisotopic (exact) mass is 413 g/mol. The van der Waals surface area contributed by atoms with Gasteiger partial charge in [-0.15, -0.1) is 0 Å². The van der Waals surface area contributed by atoms with Crippen molar-refractivity contribution >= 4 is 16.9 Å². The minimum Gasteiger partial charge on any atom is -0.507 e. The number of phenols is 1. The molecule has 1 aromatic heterocycles. The van der Waals surface area contributed by atoms with Gasteiger partial charge in [0.05, 0.1) is 38.3 Å². The molecule has 3 rings (SSSR count). The van der Waals surface area contributed by atoms with Crippen LogP contribution in [-0.2, 0) is 9.53 Å². The first-order chi connectivity index (χ1) is 14.4. The van der Waals surface area contributed by atoms with Crippen molar-refractivity contribution in [3.63, 3.8) is 0 Å². The number of esters is 1. The summed E-state index contributed by atoms with van der Waals surface area (Å²) in [5.41, 5.74) is 0.383. The Kier molecular flexibility index (Phi) is 6.15. The summed E-state index contributed by atoms with van der Waals surface area (Å²) in [4.78, 5) is 28.0. The molecule has 0 saturated heterocycles. The van der Waals surface area contributed by atoms with Gasteiger partial charge in [0.25, 0.3) is 5.56 Å². The van der Waals surface area contributed by atoms with Crippen LogP contribution >= 0.6 is 0 Å². The lowest BCUT2D eigenvalue weighted by atomic mass is 9.87. The van der Waals surface area contributed by atoms with E-state index in [1.54, 1.807) is 31.2 Å². The molecule has 1 heterocycles. The molecule has 0 bridgehead atoms. The molecule has 0 radical (unpaired) electrons. The van der Waals surface area contributed by atoms with Gasteiger partial charge in [-0.05, 0) is 36.8 Å². The number of hydrogen-bond acceptors (Lipinski definition) is 7. The number of benzene rings is 2. The first-order valence-electron chi connectivity index (χ1n) is 9.35. The predicted octanol–water partition coefficient (Wildman–Crippen LogP) is 3.04. The van der Waals surface area contributed by atoms with E-state index in [1.807, 2.05) is 0 Å². The highest BCUT2D eigenvalue weighted by Crippen LogP contribution is 2.43. The van der Waals surface area contributed by atoms with E-state index < -0.39 is 17.4 Å². The summed E-state index contributed by atoms with van der Waals surface area (Å²) >= 11 is 0. The molecule has 30 heavy (non-hydrogen) atoms. The number of carbonyl (C=O) groups is 1. The van der Waals surface area contributed by atoms with Gasteiger partial charge in [0.1, 0.15) is 5.75 Å².